The van der Waals surface area contributed by atoms with Gasteiger partial charge < -0.3 is 10.6 Å². The van der Waals surface area contributed by atoms with Crippen LogP contribution in [0.4, 0.5) is 11.4 Å². The summed E-state index contributed by atoms with van der Waals surface area (Å²) in [5.74, 6) is 0.246. The monoisotopic (exact) mass is 406 g/mol. The maximum atomic E-state index is 11.9. The highest BCUT2D eigenvalue weighted by molar-refractivity contribution is 9.10. The normalized spacial score (nSPS) is 10.2. The lowest BCUT2D eigenvalue weighted by molar-refractivity contribution is -0.114. The average molecular weight is 407 g/mol. The van der Waals surface area contributed by atoms with Crippen molar-refractivity contribution in [1.82, 2.24) is 0 Å². The zero-order chi connectivity index (χ0) is 17.4. The number of nitrogens with one attached hydrogen (secondary N) is 2. The van der Waals surface area contributed by atoms with E-state index in [-0.39, 0.29) is 23.3 Å². The van der Waals surface area contributed by atoms with Crippen molar-refractivity contribution >= 4 is 50.9 Å². The molecule has 0 bridgehead atoms. The smallest absolute Gasteiger partial charge is 0.234 e. The molecule has 0 spiro atoms. The SMILES string of the molecule is CCc1cccc(NC(=O)CSCC(=O)Nc2ccc(Br)cc2)c1. The number of carbonyl (C=O) groups is 2. The van der Waals surface area contributed by atoms with Gasteiger partial charge >= 0.3 is 0 Å². The van der Waals surface area contributed by atoms with Crippen LogP contribution in [0.5, 0.6) is 0 Å². The fourth-order valence-electron chi connectivity index (χ4n) is 2.03. The van der Waals surface area contributed by atoms with Gasteiger partial charge in [0.1, 0.15) is 0 Å². The van der Waals surface area contributed by atoms with E-state index in [2.05, 4.69) is 33.5 Å². The molecular formula is C18H19BrN2O2S. The van der Waals surface area contributed by atoms with Crippen LogP contribution in [0, 0.1) is 0 Å². The number of anilines is 2. The first-order valence-corrected chi connectivity index (χ1v) is 9.53. The maximum Gasteiger partial charge on any atom is 0.234 e. The van der Waals surface area contributed by atoms with Gasteiger partial charge in [-0.15, -0.1) is 11.8 Å². The number of aryl methyl sites for hydroxylation is 1. The minimum absolute atomic E-state index is 0.107. The van der Waals surface area contributed by atoms with Crippen LogP contribution in [-0.4, -0.2) is 23.3 Å². The van der Waals surface area contributed by atoms with Gasteiger partial charge in [-0.25, -0.2) is 0 Å². The van der Waals surface area contributed by atoms with Crippen molar-refractivity contribution in [1.29, 1.82) is 0 Å². The second-order valence-corrected chi connectivity index (χ2v) is 7.05. The molecule has 126 valence electrons. The average Bonchev–Trinajstić information content (AvgIpc) is 2.57. The minimum Gasteiger partial charge on any atom is -0.325 e. The molecule has 2 rings (SSSR count). The summed E-state index contributed by atoms with van der Waals surface area (Å²) in [4.78, 5) is 23.8. The summed E-state index contributed by atoms with van der Waals surface area (Å²) in [6, 6.07) is 15.1. The van der Waals surface area contributed by atoms with Gasteiger partial charge in [-0.1, -0.05) is 35.0 Å². The first kappa shape index (κ1) is 18.5. The quantitative estimate of drug-likeness (QED) is 0.719. The Morgan fingerprint density at radius 1 is 0.958 bits per heavy atom. The van der Waals surface area contributed by atoms with E-state index in [0.29, 0.717) is 0 Å². The Bertz CT molecular complexity index is 704. The molecule has 0 aliphatic rings. The van der Waals surface area contributed by atoms with E-state index in [0.717, 1.165) is 22.3 Å². The van der Waals surface area contributed by atoms with E-state index in [9.17, 15) is 9.59 Å². The molecule has 0 aromatic heterocycles. The number of hydrogen-bond donors (Lipinski definition) is 2. The lowest BCUT2D eigenvalue weighted by Crippen LogP contribution is -2.18. The molecule has 2 N–H and O–H groups in total. The molecule has 0 saturated carbocycles. The third-order valence-corrected chi connectivity index (χ3v) is 4.67. The maximum absolute atomic E-state index is 11.9. The van der Waals surface area contributed by atoms with Crippen molar-refractivity contribution in [3.8, 4) is 0 Å². The van der Waals surface area contributed by atoms with Gasteiger partial charge in [0.25, 0.3) is 0 Å². The van der Waals surface area contributed by atoms with Gasteiger partial charge in [-0.05, 0) is 48.4 Å². The van der Waals surface area contributed by atoms with Crippen molar-refractivity contribution < 1.29 is 9.59 Å². The van der Waals surface area contributed by atoms with Crippen molar-refractivity contribution in [3.63, 3.8) is 0 Å². The summed E-state index contributed by atoms with van der Waals surface area (Å²) in [5.41, 5.74) is 2.71. The van der Waals surface area contributed by atoms with Crippen LogP contribution in [0.3, 0.4) is 0 Å². The topological polar surface area (TPSA) is 58.2 Å². The molecule has 0 heterocycles. The summed E-state index contributed by atoms with van der Waals surface area (Å²) in [6.07, 6.45) is 0.925. The van der Waals surface area contributed by atoms with E-state index in [1.165, 1.54) is 17.3 Å². The van der Waals surface area contributed by atoms with E-state index in [4.69, 9.17) is 0 Å². The van der Waals surface area contributed by atoms with Crippen molar-refractivity contribution in [2.75, 3.05) is 22.1 Å². The molecular weight excluding hydrogens is 388 g/mol. The van der Waals surface area contributed by atoms with Gasteiger partial charge in [0.05, 0.1) is 11.5 Å². The highest BCUT2D eigenvalue weighted by atomic mass is 79.9. The second kappa shape index (κ2) is 9.49. The minimum atomic E-state index is -0.122. The third-order valence-electron chi connectivity index (χ3n) is 3.21. The Kier molecular flexibility index (Phi) is 7.34. The molecule has 2 aromatic carbocycles. The van der Waals surface area contributed by atoms with Gasteiger partial charge in [0.2, 0.25) is 11.8 Å². The predicted molar refractivity (Wildman–Crippen MR) is 105 cm³/mol. The van der Waals surface area contributed by atoms with Gasteiger partial charge in [0, 0.05) is 15.8 Å². The second-order valence-electron chi connectivity index (χ2n) is 5.15. The Labute approximate surface area is 154 Å². The Balaban J connectivity index is 1.71. The molecule has 0 aliphatic heterocycles. The van der Waals surface area contributed by atoms with Crippen LogP contribution in [-0.2, 0) is 16.0 Å². The van der Waals surface area contributed by atoms with Crippen LogP contribution in [0.2, 0.25) is 0 Å². The standard InChI is InChI=1S/C18H19BrN2O2S/c1-2-13-4-3-5-16(10-13)21-18(23)12-24-11-17(22)20-15-8-6-14(19)7-9-15/h3-10H,2,11-12H2,1H3,(H,20,22)(H,21,23). The molecule has 6 heteroatoms. The molecule has 2 amide bonds. The van der Waals surface area contributed by atoms with Gasteiger partial charge in [0.15, 0.2) is 0 Å². The summed E-state index contributed by atoms with van der Waals surface area (Å²) >= 11 is 4.63. The highest BCUT2D eigenvalue weighted by Gasteiger charge is 2.07. The molecule has 2 aromatic rings. The Morgan fingerprint density at radius 2 is 1.58 bits per heavy atom. The molecule has 24 heavy (non-hydrogen) atoms. The van der Waals surface area contributed by atoms with Crippen LogP contribution >= 0.6 is 27.7 Å². The van der Waals surface area contributed by atoms with E-state index in [1.54, 1.807) is 0 Å². The van der Waals surface area contributed by atoms with Gasteiger partial charge in [-0.2, -0.15) is 0 Å². The number of hydrogen-bond acceptors (Lipinski definition) is 3. The zero-order valence-electron chi connectivity index (χ0n) is 13.3. The molecule has 0 aliphatic carbocycles. The first-order valence-electron chi connectivity index (χ1n) is 7.59. The van der Waals surface area contributed by atoms with Crippen molar-refractivity contribution in [2.45, 2.75) is 13.3 Å². The summed E-state index contributed by atoms with van der Waals surface area (Å²) < 4.78 is 0.957. The van der Waals surface area contributed by atoms with Crippen LogP contribution < -0.4 is 10.6 Å². The third kappa shape index (κ3) is 6.37. The molecule has 0 unspecified atom stereocenters. The number of benzene rings is 2. The summed E-state index contributed by atoms with van der Waals surface area (Å²) in [7, 11) is 0. The number of amides is 2. The lowest BCUT2D eigenvalue weighted by atomic mass is 10.1. The Hall–Kier alpha value is -1.79. The van der Waals surface area contributed by atoms with Crippen molar-refractivity contribution in [3.05, 3.63) is 58.6 Å². The summed E-state index contributed by atoms with van der Waals surface area (Å²) in [5, 5.41) is 5.64. The fourth-order valence-corrected chi connectivity index (χ4v) is 2.91. The number of halogens is 1. The molecule has 4 nitrogen and oxygen atoms in total. The zero-order valence-corrected chi connectivity index (χ0v) is 15.7. The first-order chi connectivity index (χ1) is 11.6. The van der Waals surface area contributed by atoms with E-state index >= 15 is 0 Å². The van der Waals surface area contributed by atoms with Crippen molar-refractivity contribution in [2.24, 2.45) is 0 Å². The van der Waals surface area contributed by atoms with E-state index < -0.39 is 0 Å². The molecule has 0 radical (unpaired) electrons. The van der Waals surface area contributed by atoms with Crippen LogP contribution in [0.1, 0.15) is 12.5 Å². The predicted octanol–water partition coefficient (Wildman–Crippen LogP) is 4.32. The number of carbonyl (C=O) groups excluding carboxylic acids is 2. The van der Waals surface area contributed by atoms with Crippen LogP contribution in [0.25, 0.3) is 0 Å². The Morgan fingerprint density at radius 3 is 2.21 bits per heavy atom. The van der Waals surface area contributed by atoms with Gasteiger partial charge in [-0.3, -0.25) is 9.59 Å². The molecule has 0 saturated heterocycles. The largest absolute Gasteiger partial charge is 0.325 e. The van der Waals surface area contributed by atoms with Crippen LogP contribution in [0.15, 0.2) is 53.0 Å². The lowest BCUT2D eigenvalue weighted by Gasteiger charge is -2.07. The molecule has 0 atom stereocenters. The van der Waals surface area contributed by atoms with E-state index in [1.807, 2.05) is 48.5 Å². The molecule has 0 fully saturated rings. The fraction of sp³-hybridized carbons (Fsp3) is 0.222. The number of rotatable bonds is 7. The summed E-state index contributed by atoms with van der Waals surface area (Å²) in [6.45, 7) is 2.07. The highest BCUT2D eigenvalue weighted by Crippen LogP contribution is 2.15. The number of thioether (sulfide) groups is 1.